The molecule has 1 aromatic heterocycles. The zero-order valence-corrected chi connectivity index (χ0v) is 10.5. The average molecular weight is 258 g/mol. The Labute approximate surface area is 111 Å². The smallest absolute Gasteiger partial charge is 0.225 e. The summed E-state index contributed by atoms with van der Waals surface area (Å²) in [6.45, 7) is 3.54. The zero-order chi connectivity index (χ0) is 13.1. The number of hydrogen-bond donors (Lipinski definition) is 0. The molecule has 1 aliphatic rings. The molecule has 2 aromatic rings. The first-order chi connectivity index (χ1) is 9.33. The summed E-state index contributed by atoms with van der Waals surface area (Å²) in [7, 11) is 0. The van der Waals surface area contributed by atoms with E-state index < -0.39 is 5.82 Å². The number of benzene rings is 1. The van der Waals surface area contributed by atoms with Crippen molar-refractivity contribution >= 4 is 11.6 Å². The Kier molecular flexibility index (Phi) is 3.27. The number of aromatic nitrogens is 2. The molecule has 1 aromatic carbocycles. The summed E-state index contributed by atoms with van der Waals surface area (Å²) in [5.41, 5.74) is 1.24. The van der Waals surface area contributed by atoms with Gasteiger partial charge in [-0.15, -0.1) is 0 Å². The maximum atomic E-state index is 12.8. The maximum Gasteiger partial charge on any atom is 0.225 e. The number of hydrogen-bond acceptors (Lipinski definition) is 4. The van der Waals surface area contributed by atoms with Crippen molar-refractivity contribution in [3.8, 4) is 0 Å². The van der Waals surface area contributed by atoms with Gasteiger partial charge in [-0.25, -0.2) is 14.4 Å². The van der Waals surface area contributed by atoms with Crippen LogP contribution in [0.3, 0.4) is 0 Å². The second-order valence-corrected chi connectivity index (χ2v) is 4.51. The predicted octanol–water partition coefficient (Wildman–Crippen LogP) is 1.94. The van der Waals surface area contributed by atoms with E-state index in [1.807, 2.05) is 18.2 Å². The lowest BCUT2D eigenvalue weighted by molar-refractivity contribution is 0.602. The van der Waals surface area contributed by atoms with E-state index in [4.69, 9.17) is 0 Å². The minimum atomic E-state index is -0.397. The summed E-state index contributed by atoms with van der Waals surface area (Å²) in [6, 6.07) is 10.3. The molecule has 0 unspecified atom stereocenters. The summed E-state index contributed by atoms with van der Waals surface area (Å²) in [5, 5.41) is 0. The van der Waals surface area contributed by atoms with Crippen molar-refractivity contribution in [3.63, 3.8) is 0 Å². The van der Waals surface area contributed by atoms with Gasteiger partial charge >= 0.3 is 0 Å². The van der Waals surface area contributed by atoms with Crippen molar-refractivity contribution in [2.45, 2.75) is 0 Å². The molecule has 98 valence electrons. The molecule has 1 fully saturated rings. The second kappa shape index (κ2) is 5.22. The monoisotopic (exact) mass is 258 g/mol. The Balaban J connectivity index is 1.65. The summed E-state index contributed by atoms with van der Waals surface area (Å²) < 4.78 is 12.8. The Bertz CT molecular complexity index is 521. The summed E-state index contributed by atoms with van der Waals surface area (Å²) in [6.07, 6.45) is 2.43. The first kappa shape index (κ1) is 11.9. The van der Waals surface area contributed by atoms with Crippen molar-refractivity contribution < 1.29 is 4.39 Å². The fraction of sp³-hybridized carbons (Fsp3) is 0.286. The fourth-order valence-electron chi connectivity index (χ4n) is 2.27. The second-order valence-electron chi connectivity index (χ2n) is 4.51. The van der Waals surface area contributed by atoms with Gasteiger partial charge in [0.2, 0.25) is 5.95 Å². The summed E-state index contributed by atoms with van der Waals surface area (Å²) in [5.74, 6) is 0.209. The third-order valence-electron chi connectivity index (χ3n) is 3.29. The van der Waals surface area contributed by atoms with E-state index in [-0.39, 0.29) is 0 Å². The van der Waals surface area contributed by atoms with Crippen LogP contribution in [0.4, 0.5) is 16.0 Å². The van der Waals surface area contributed by atoms with Crippen LogP contribution in [0.25, 0.3) is 0 Å². The maximum absolute atomic E-state index is 12.8. The lowest BCUT2D eigenvalue weighted by Gasteiger charge is -2.36. The first-order valence-corrected chi connectivity index (χ1v) is 6.35. The van der Waals surface area contributed by atoms with E-state index in [1.54, 1.807) is 0 Å². The van der Waals surface area contributed by atoms with Crippen LogP contribution in [0.2, 0.25) is 0 Å². The molecule has 0 bridgehead atoms. The van der Waals surface area contributed by atoms with Gasteiger partial charge in [-0.2, -0.15) is 0 Å². The van der Waals surface area contributed by atoms with Crippen molar-refractivity contribution in [1.29, 1.82) is 0 Å². The van der Waals surface area contributed by atoms with Crippen molar-refractivity contribution in [2.24, 2.45) is 0 Å². The van der Waals surface area contributed by atoms with Gasteiger partial charge in [0.05, 0.1) is 12.4 Å². The normalized spacial score (nSPS) is 15.6. The van der Waals surface area contributed by atoms with Gasteiger partial charge in [-0.1, -0.05) is 18.2 Å². The Morgan fingerprint density at radius 2 is 1.42 bits per heavy atom. The first-order valence-electron chi connectivity index (χ1n) is 6.35. The van der Waals surface area contributed by atoms with Crippen LogP contribution in [-0.2, 0) is 0 Å². The third kappa shape index (κ3) is 2.65. The molecule has 19 heavy (non-hydrogen) atoms. The Morgan fingerprint density at radius 3 is 2.05 bits per heavy atom. The standard InChI is InChI=1S/C14H15FN4/c15-12-10-16-14(17-11-12)19-8-6-18(7-9-19)13-4-2-1-3-5-13/h1-5,10-11H,6-9H2. The van der Waals surface area contributed by atoms with Gasteiger partial charge in [0.15, 0.2) is 5.82 Å². The number of nitrogens with zero attached hydrogens (tertiary/aromatic N) is 4. The minimum absolute atomic E-state index is 0.397. The highest BCUT2D eigenvalue weighted by molar-refractivity contribution is 5.48. The van der Waals surface area contributed by atoms with Crippen LogP contribution < -0.4 is 9.80 Å². The van der Waals surface area contributed by atoms with Crippen LogP contribution in [0.1, 0.15) is 0 Å². The molecule has 0 N–H and O–H groups in total. The van der Waals surface area contributed by atoms with E-state index in [9.17, 15) is 4.39 Å². The minimum Gasteiger partial charge on any atom is -0.368 e. The topological polar surface area (TPSA) is 32.3 Å². The molecule has 5 heteroatoms. The van der Waals surface area contributed by atoms with Crippen LogP contribution in [0, 0.1) is 5.82 Å². The molecule has 1 aliphatic heterocycles. The summed E-state index contributed by atoms with van der Waals surface area (Å²) in [4.78, 5) is 12.5. The highest BCUT2D eigenvalue weighted by Crippen LogP contribution is 2.17. The SMILES string of the molecule is Fc1cnc(N2CCN(c3ccccc3)CC2)nc1. The molecule has 1 saturated heterocycles. The van der Waals surface area contributed by atoms with Gasteiger partial charge in [-0.05, 0) is 12.1 Å². The quantitative estimate of drug-likeness (QED) is 0.824. The van der Waals surface area contributed by atoms with Crippen LogP contribution in [-0.4, -0.2) is 36.1 Å². The average Bonchev–Trinajstić information content (AvgIpc) is 2.49. The number of piperazine rings is 1. The highest BCUT2D eigenvalue weighted by Gasteiger charge is 2.18. The molecule has 0 amide bonds. The number of anilines is 2. The predicted molar refractivity (Wildman–Crippen MR) is 72.9 cm³/mol. The molecule has 0 aliphatic carbocycles. The van der Waals surface area contributed by atoms with Crippen molar-refractivity contribution in [3.05, 3.63) is 48.5 Å². The number of rotatable bonds is 2. The highest BCUT2D eigenvalue weighted by atomic mass is 19.1. The molecule has 0 spiro atoms. The molecule has 0 saturated carbocycles. The van der Waals surface area contributed by atoms with Crippen LogP contribution >= 0.6 is 0 Å². The number of para-hydroxylation sites is 1. The third-order valence-corrected chi connectivity index (χ3v) is 3.29. The molecule has 4 nitrogen and oxygen atoms in total. The van der Waals surface area contributed by atoms with Crippen molar-refractivity contribution in [2.75, 3.05) is 36.0 Å². The van der Waals surface area contributed by atoms with Crippen molar-refractivity contribution in [1.82, 2.24) is 9.97 Å². The Morgan fingerprint density at radius 1 is 0.842 bits per heavy atom. The number of halogens is 1. The fourth-order valence-corrected chi connectivity index (χ4v) is 2.27. The summed E-state index contributed by atoms with van der Waals surface area (Å²) >= 11 is 0. The van der Waals surface area contributed by atoms with E-state index >= 15 is 0 Å². The molecular formula is C14H15FN4. The Hall–Kier alpha value is -2.17. The van der Waals surface area contributed by atoms with E-state index in [1.165, 1.54) is 18.1 Å². The zero-order valence-electron chi connectivity index (χ0n) is 10.5. The van der Waals surface area contributed by atoms with Gasteiger partial charge in [-0.3, -0.25) is 0 Å². The molecule has 0 atom stereocenters. The molecule has 3 rings (SSSR count). The van der Waals surface area contributed by atoms with E-state index in [0.29, 0.717) is 5.95 Å². The largest absolute Gasteiger partial charge is 0.368 e. The van der Waals surface area contributed by atoms with Crippen LogP contribution in [0.15, 0.2) is 42.7 Å². The van der Waals surface area contributed by atoms with E-state index in [0.717, 1.165) is 26.2 Å². The lowest BCUT2D eigenvalue weighted by atomic mass is 10.2. The van der Waals surface area contributed by atoms with Gasteiger partial charge in [0.25, 0.3) is 0 Å². The molecule has 0 radical (unpaired) electrons. The lowest BCUT2D eigenvalue weighted by Crippen LogP contribution is -2.47. The molecular weight excluding hydrogens is 243 g/mol. The van der Waals surface area contributed by atoms with E-state index in [2.05, 4.69) is 31.9 Å². The van der Waals surface area contributed by atoms with Gasteiger partial charge in [0, 0.05) is 31.9 Å². The molecule has 2 heterocycles. The van der Waals surface area contributed by atoms with Gasteiger partial charge in [0.1, 0.15) is 0 Å². The van der Waals surface area contributed by atoms with Crippen LogP contribution in [0.5, 0.6) is 0 Å². The van der Waals surface area contributed by atoms with Gasteiger partial charge < -0.3 is 9.80 Å².